The Kier molecular flexibility index (Phi) is 7.30. The number of nitrogens with one attached hydrogen (secondary N) is 1. The van der Waals surface area contributed by atoms with Crippen molar-refractivity contribution in [2.45, 2.75) is 6.17 Å². The Bertz CT molecular complexity index is 3390. The highest BCUT2D eigenvalue weighted by molar-refractivity contribution is 7.26. The number of fused-ring (bicyclic) bond motifs is 9. The molecule has 0 fully saturated rings. The van der Waals surface area contributed by atoms with Crippen molar-refractivity contribution < 1.29 is 0 Å². The number of nitrogens with zero attached hydrogens (tertiary/aromatic N) is 3. The predicted molar refractivity (Wildman–Crippen MR) is 244 cm³/mol. The van der Waals surface area contributed by atoms with Crippen molar-refractivity contribution in [3.63, 3.8) is 0 Å². The van der Waals surface area contributed by atoms with Gasteiger partial charge >= 0.3 is 0 Å². The van der Waals surface area contributed by atoms with Crippen molar-refractivity contribution in [1.29, 1.82) is 0 Å². The summed E-state index contributed by atoms with van der Waals surface area (Å²) in [6.45, 7) is 0. The van der Waals surface area contributed by atoms with Gasteiger partial charge in [-0.2, -0.15) is 0 Å². The van der Waals surface area contributed by atoms with Crippen molar-refractivity contribution in [2.75, 3.05) is 0 Å². The Labute approximate surface area is 336 Å². The van der Waals surface area contributed by atoms with E-state index in [0.717, 1.165) is 28.4 Å². The Morgan fingerprint density at radius 1 is 0.474 bits per heavy atom. The zero-order valence-electron chi connectivity index (χ0n) is 30.6. The number of benzene rings is 8. The fraction of sp³-hybridized carbons (Fsp3) is 0.0196. The lowest BCUT2D eigenvalue weighted by Crippen LogP contribution is -2.33. The highest BCUT2D eigenvalue weighted by atomic mass is 32.1. The molecule has 0 radical (unpaired) electrons. The van der Waals surface area contributed by atoms with E-state index in [1.807, 2.05) is 46.9 Å². The average molecular weight is 765 g/mol. The molecule has 4 nitrogen and oxygen atoms in total. The van der Waals surface area contributed by atoms with E-state index in [0.29, 0.717) is 0 Å². The van der Waals surface area contributed by atoms with E-state index in [1.165, 1.54) is 79.0 Å². The summed E-state index contributed by atoms with van der Waals surface area (Å²) in [5, 5.41) is 11.2. The first-order chi connectivity index (χ1) is 28.2. The highest BCUT2D eigenvalue weighted by Crippen LogP contribution is 2.45. The summed E-state index contributed by atoms with van der Waals surface area (Å²) in [6, 6.07) is 65.5. The predicted octanol–water partition coefficient (Wildman–Crippen LogP) is 13.7. The van der Waals surface area contributed by atoms with Gasteiger partial charge in [-0.15, -0.1) is 22.7 Å². The first kappa shape index (κ1) is 32.4. The summed E-state index contributed by atoms with van der Waals surface area (Å²) in [5.41, 5.74) is 9.29. The molecule has 0 saturated heterocycles. The average Bonchev–Trinajstić information content (AvgIpc) is 3.96. The van der Waals surface area contributed by atoms with E-state index in [9.17, 15) is 0 Å². The van der Waals surface area contributed by atoms with Crippen molar-refractivity contribution in [3.05, 3.63) is 199 Å². The Balaban J connectivity index is 1.00. The monoisotopic (exact) mass is 764 g/mol. The smallest absolute Gasteiger partial charge is 0.159 e. The fourth-order valence-corrected chi connectivity index (χ4v) is 11.0. The second kappa shape index (κ2) is 12.8. The maximum Gasteiger partial charge on any atom is 0.159 e. The molecule has 12 rings (SSSR count). The van der Waals surface area contributed by atoms with Crippen molar-refractivity contribution >= 4 is 96.5 Å². The number of thiophene rings is 2. The van der Waals surface area contributed by atoms with Gasteiger partial charge in [-0.05, 0) is 59.2 Å². The van der Waals surface area contributed by atoms with Gasteiger partial charge in [-0.1, -0.05) is 140 Å². The summed E-state index contributed by atoms with van der Waals surface area (Å²) in [5.74, 6) is 1.56. The van der Waals surface area contributed by atoms with Gasteiger partial charge in [0.1, 0.15) is 12.0 Å². The van der Waals surface area contributed by atoms with Gasteiger partial charge in [0, 0.05) is 62.2 Å². The SMILES string of the molecule is c1ccc(C2=NC(c3ccc4c(c3)sc3c(-c5ccc6sc7cccc(-n8c9ccccc9c9ccccc98)c7c6c5)cccc34)=NC(c3ccccc3)N2)cc1. The molecule has 1 atom stereocenters. The Morgan fingerprint density at radius 2 is 1.18 bits per heavy atom. The molecule has 0 aliphatic carbocycles. The van der Waals surface area contributed by atoms with E-state index in [1.54, 1.807) is 0 Å². The highest BCUT2D eigenvalue weighted by Gasteiger charge is 2.22. The normalized spacial score (nSPS) is 14.5. The number of aromatic nitrogens is 1. The Morgan fingerprint density at radius 3 is 1.98 bits per heavy atom. The van der Waals surface area contributed by atoms with Gasteiger partial charge in [0.2, 0.25) is 0 Å². The van der Waals surface area contributed by atoms with Crippen LogP contribution in [0.4, 0.5) is 0 Å². The maximum atomic E-state index is 5.15. The molecule has 0 spiro atoms. The molecule has 1 aliphatic heterocycles. The van der Waals surface area contributed by atoms with Crippen LogP contribution in [0.1, 0.15) is 22.9 Å². The number of aliphatic imine (C=N–C) groups is 2. The van der Waals surface area contributed by atoms with Gasteiger partial charge in [0.25, 0.3) is 0 Å². The van der Waals surface area contributed by atoms with Crippen molar-refractivity contribution in [3.8, 4) is 16.8 Å². The molecular weight excluding hydrogens is 733 g/mol. The summed E-state index contributed by atoms with van der Waals surface area (Å²) in [7, 11) is 0. The fourth-order valence-electron chi connectivity index (χ4n) is 8.64. The van der Waals surface area contributed by atoms with Crippen molar-refractivity contribution in [2.24, 2.45) is 9.98 Å². The number of rotatable bonds is 5. The second-order valence-corrected chi connectivity index (χ2v) is 16.7. The van der Waals surface area contributed by atoms with Gasteiger partial charge < -0.3 is 9.88 Å². The van der Waals surface area contributed by atoms with Crippen LogP contribution in [0, 0.1) is 0 Å². The third-order valence-corrected chi connectivity index (χ3v) is 13.6. The third-order valence-electron chi connectivity index (χ3n) is 11.3. The molecule has 0 saturated carbocycles. The minimum Gasteiger partial charge on any atom is -0.344 e. The molecule has 4 heterocycles. The number of hydrogen-bond donors (Lipinski definition) is 1. The summed E-state index contributed by atoms with van der Waals surface area (Å²) >= 11 is 3.72. The molecule has 1 N–H and O–H groups in total. The number of para-hydroxylation sites is 2. The number of hydrogen-bond acceptors (Lipinski definition) is 5. The molecule has 6 heteroatoms. The van der Waals surface area contributed by atoms with Crippen LogP contribution >= 0.6 is 22.7 Å². The van der Waals surface area contributed by atoms with Gasteiger partial charge in [-0.25, -0.2) is 9.98 Å². The number of amidine groups is 2. The molecule has 0 bridgehead atoms. The topological polar surface area (TPSA) is 41.7 Å². The molecule has 3 aromatic heterocycles. The third kappa shape index (κ3) is 5.18. The van der Waals surface area contributed by atoms with Gasteiger partial charge in [0.15, 0.2) is 5.84 Å². The molecule has 57 heavy (non-hydrogen) atoms. The molecule has 8 aromatic carbocycles. The molecular formula is C51H32N4S2. The van der Waals surface area contributed by atoms with Crippen LogP contribution in [-0.4, -0.2) is 16.2 Å². The van der Waals surface area contributed by atoms with Crippen molar-refractivity contribution in [1.82, 2.24) is 9.88 Å². The first-order valence-corrected chi connectivity index (χ1v) is 20.8. The standard InChI is InChI=1S/C51H32N4S2/c1-3-13-31(14-4-1)49-52-50(32-15-5-2-6-16-32)54-51(53-49)34-25-27-38-39-20-11-19-35(48(39)57-46(38)30-34)33-26-28-44-40(29-33)47-43(23-12-24-45(47)56-44)55-41-21-9-7-17-36(41)37-18-8-10-22-42(37)55/h1-30,49H,(H,52,53,54). The van der Waals surface area contributed by atoms with Crippen LogP contribution in [0.25, 0.3) is 79.0 Å². The summed E-state index contributed by atoms with van der Waals surface area (Å²) in [6.07, 6.45) is -0.239. The van der Waals surface area contributed by atoms with E-state index in [4.69, 9.17) is 9.98 Å². The molecule has 0 amide bonds. The summed E-state index contributed by atoms with van der Waals surface area (Å²) < 4.78 is 7.55. The van der Waals surface area contributed by atoms with Crippen LogP contribution in [0.3, 0.4) is 0 Å². The zero-order chi connectivity index (χ0) is 37.5. The van der Waals surface area contributed by atoms with E-state index < -0.39 is 0 Å². The van der Waals surface area contributed by atoms with Crippen LogP contribution in [-0.2, 0) is 0 Å². The van der Waals surface area contributed by atoms with E-state index in [-0.39, 0.29) is 6.17 Å². The van der Waals surface area contributed by atoms with Crippen LogP contribution in [0.15, 0.2) is 192 Å². The Hall–Kier alpha value is -6.86. The van der Waals surface area contributed by atoms with Gasteiger partial charge in [0.05, 0.1) is 16.7 Å². The van der Waals surface area contributed by atoms with Crippen LogP contribution < -0.4 is 5.32 Å². The lowest BCUT2D eigenvalue weighted by molar-refractivity contribution is 0.674. The largest absolute Gasteiger partial charge is 0.344 e. The molecule has 1 aliphatic rings. The summed E-state index contributed by atoms with van der Waals surface area (Å²) in [4.78, 5) is 10.2. The maximum absolute atomic E-state index is 5.15. The lowest BCUT2D eigenvalue weighted by Gasteiger charge is -2.23. The lowest BCUT2D eigenvalue weighted by atomic mass is 10.00. The van der Waals surface area contributed by atoms with E-state index >= 15 is 0 Å². The van der Waals surface area contributed by atoms with Crippen LogP contribution in [0.5, 0.6) is 0 Å². The van der Waals surface area contributed by atoms with Gasteiger partial charge in [-0.3, -0.25) is 0 Å². The molecule has 1 unspecified atom stereocenters. The molecule has 11 aromatic rings. The van der Waals surface area contributed by atoms with E-state index in [2.05, 4.69) is 168 Å². The zero-order valence-corrected chi connectivity index (χ0v) is 32.2. The quantitative estimate of drug-likeness (QED) is 0.186. The van der Waals surface area contributed by atoms with Crippen LogP contribution in [0.2, 0.25) is 0 Å². The molecule has 268 valence electrons. The minimum atomic E-state index is -0.239. The first-order valence-electron chi connectivity index (χ1n) is 19.2. The second-order valence-electron chi connectivity index (χ2n) is 14.6. The minimum absolute atomic E-state index is 0.239.